The zero-order chi connectivity index (χ0) is 14.6. The van der Waals surface area contributed by atoms with Crippen LogP contribution >= 0.6 is 11.6 Å². The van der Waals surface area contributed by atoms with Crippen LogP contribution in [0.3, 0.4) is 0 Å². The normalized spacial score (nSPS) is 18.9. The van der Waals surface area contributed by atoms with Crippen LogP contribution in [-0.2, 0) is 6.54 Å². The Balaban J connectivity index is 1.95. The van der Waals surface area contributed by atoms with Crippen LogP contribution < -0.4 is 0 Å². The summed E-state index contributed by atoms with van der Waals surface area (Å²) in [6, 6.07) is 10.5. The van der Waals surface area contributed by atoms with E-state index in [1.54, 1.807) is 0 Å². The van der Waals surface area contributed by atoms with Gasteiger partial charge in [0.15, 0.2) is 0 Å². The maximum Gasteiger partial charge on any atom is 0.0627 e. The third-order valence-corrected chi connectivity index (χ3v) is 5.04. The highest BCUT2D eigenvalue weighted by atomic mass is 35.5. The van der Waals surface area contributed by atoms with Gasteiger partial charge in [0.25, 0.3) is 0 Å². The molecule has 0 spiro atoms. The van der Waals surface area contributed by atoms with E-state index >= 15 is 0 Å². The first-order valence-corrected chi connectivity index (χ1v) is 7.77. The van der Waals surface area contributed by atoms with Crippen LogP contribution in [-0.4, -0.2) is 18.0 Å². The zero-order valence-corrected chi connectivity index (χ0v) is 13.2. The van der Waals surface area contributed by atoms with Crippen LogP contribution in [0.5, 0.6) is 0 Å². The summed E-state index contributed by atoms with van der Waals surface area (Å²) < 4.78 is 0. The summed E-state index contributed by atoms with van der Waals surface area (Å²) >= 11 is 6.04. The fourth-order valence-corrected chi connectivity index (χ4v) is 3.38. The number of nitrogens with zero attached hydrogens (tertiary/aromatic N) is 2. The summed E-state index contributed by atoms with van der Waals surface area (Å²) in [4.78, 5) is 2.48. The molecule has 2 rings (SSSR count). The molecule has 1 saturated heterocycles. The zero-order valence-electron chi connectivity index (χ0n) is 12.4. The molecule has 20 heavy (non-hydrogen) atoms. The van der Waals surface area contributed by atoms with Gasteiger partial charge in [0.05, 0.1) is 6.07 Å². The number of hydrogen-bond acceptors (Lipinski definition) is 2. The highest BCUT2D eigenvalue weighted by Crippen LogP contribution is 2.41. The molecule has 108 valence electrons. The van der Waals surface area contributed by atoms with Crippen molar-refractivity contribution in [1.29, 1.82) is 5.26 Å². The molecule has 1 aromatic carbocycles. The quantitative estimate of drug-likeness (QED) is 0.817. The standard InChI is InChI=1S/C17H23ClN2/c1-14(2)17(6-9-19)7-10-20(11-8-17)13-15-4-3-5-16(18)12-15/h3-5,12,14H,6-8,10-11,13H2,1-2H3. The summed E-state index contributed by atoms with van der Waals surface area (Å²) in [5, 5.41) is 9.89. The van der Waals surface area contributed by atoms with Crippen molar-refractivity contribution in [1.82, 2.24) is 4.90 Å². The smallest absolute Gasteiger partial charge is 0.0627 e. The number of halogens is 1. The van der Waals surface area contributed by atoms with E-state index in [4.69, 9.17) is 16.9 Å². The lowest BCUT2D eigenvalue weighted by Crippen LogP contribution is -2.42. The second-order valence-corrected chi connectivity index (χ2v) is 6.69. The first-order valence-electron chi connectivity index (χ1n) is 7.39. The molecule has 0 radical (unpaired) electrons. The summed E-state index contributed by atoms with van der Waals surface area (Å²) in [6.45, 7) is 7.62. The van der Waals surface area contributed by atoms with Gasteiger partial charge in [0.1, 0.15) is 0 Å². The van der Waals surface area contributed by atoms with Crippen molar-refractivity contribution >= 4 is 11.6 Å². The van der Waals surface area contributed by atoms with E-state index in [0.717, 1.165) is 37.5 Å². The number of nitriles is 1. The van der Waals surface area contributed by atoms with E-state index in [1.165, 1.54) is 5.56 Å². The second-order valence-electron chi connectivity index (χ2n) is 6.26. The molecule has 0 aliphatic carbocycles. The third-order valence-electron chi connectivity index (χ3n) is 4.80. The molecule has 1 aliphatic heterocycles. The van der Waals surface area contributed by atoms with Gasteiger partial charge >= 0.3 is 0 Å². The molecule has 0 amide bonds. The maximum atomic E-state index is 9.09. The molecule has 1 heterocycles. The van der Waals surface area contributed by atoms with Crippen LogP contribution in [0.25, 0.3) is 0 Å². The number of benzene rings is 1. The lowest BCUT2D eigenvalue weighted by atomic mass is 9.68. The number of rotatable bonds is 4. The summed E-state index contributed by atoms with van der Waals surface area (Å²) in [6.07, 6.45) is 2.94. The number of hydrogen-bond donors (Lipinski definition) is 0. The Morgan fingerprint density at radius 3 is 2.60 bits per heavy atom. The second kappa shape index (κ2) is 6.61. The Kier molecular flexibility index (Phi) is 5.07. The molecule has 0 aromatic heterocycles. The Bertz CT molecular complexity index is 482. The van der Waals surface area contributed by atoms with Crippen LogP contribution in [0.4, 0.5) is 0 Å². The van der Waals surface area contributed by atoms with E-state index in [-0.39, 0.29) is 5.41 Å². The van der Waals surface area contributed by atoms with Crippen molar-refractivity contribution in [2.24, 2.45) is 11.3 Å². The topological polar surface area (TPSA) is 27.0 Å². The Labute approximate surface area is 127 Å². The Morgan fingerprint density at radius 1 is 1.35 bits per heavy atom. The molecule has 0 unspecified atom stereocenters. The van der Waals surface area contributed by atoms with E-state index < -0.39 is 0 Å². The van der Waals surface area contributed by atoms with Crippen molar-refractivity contribution in [2.75, 3.05) is 13.1 Å². The van der Waals surface area contributed by atoms with Crippen molar-refractivity contribution < 1.29 is 0 Å². The summed E-state index contributed by atoms with van der Waals surface area (Å²) in [7, 11) is 0. The van der Waals surface area contributed by atoms with Crippen LogP contribution in [0.1, 0.15) is 38.7 Å². The number of piperidine rings is 1. The first-order chi connectivity index (χ1) is 9.55. The van der Waals surface area contributed by atoms with Crippen LogP contribution in [0, 0.1) is 22.7 Å². The van der Waals surface area contributed by atoms with Crippen molar-refractivity contribution in [3.63, 3.8) is 0 Å². The van der Waals surface area contributed by atoms with Crippen LogP contribution in [0.15, 0.2) is 24.3 Å². The molecule has 0 saturated carbocycles. The van der Waals surface area contributed by atoms with E-state index in [1.807, 2.05) is 18.2 Å². The van der Waals surface area contributed by atoms with Gasteiger partial charge in [-0.15, -0.1) is 0 Å². The van der Waals surface area contributed by atoms with E-state index in [2.05, 4.69) is 30.9 Å². The van der Waals surface area contributed by atoms with Crippen molar-refractivity contribution in [2.45, 2.75) is 39.7 Å². The molecule has 0 atom stereocenters. The molecule has 0 bridgehead atoms. The van der Waals surface area contributed by atoms with Gasteiger partial charge in [-0.3, -0.25) is 4.90 Å². The molecule has 2 nitrogen and oxygen atoms in total. The highest BCUT2D eigenvalue weighted by molar-refractivity contribution is 6.30. The molecule has 1 fully saturated rings. The average molecular weight is 291 g/mol. The maximum absolute atomic E-state index is 9.09. The third kappa shape index (κ3) is 3.53. The Hall–Kier alpha value is -1.04. The lowest BCUT2D eigenvalue weighted by Gasteiger charge is -2.43. The van der Waals surface area contributed by atoms with Gasteiger partial charge < -0.3 is 0 Å². The first kappa shape index (κ1) is 15.4. The number of likely N-dealkylation sites (tertiary alicyclic amines) is 1. The average Bonchev–Trinajstić information content (AvgIpc) is 2.41. The predicted octanol–water partition coefficient (Wildman–Crippen LogP) is 4.49. The minimum Gasteiger partial charge on any atom is -0.299 e. The molecular formula is C17H23ClN2. The lowest BCUT2D eigenvalue weighted by molar-refractivity contribution is 0.0617. The van der Waals surface area contributed by atoms with Crippen molar-refractivity contribution in [3.05, 3.63) is 34.9 Å². The molecule has 0 N–H and O–H groups in total. The van der Waals surface area contributed by atoms with Gasteiger partial charge in [0, 0.05) is 18.0 Å². The monoisotopic (exact) mass is 290 g/mol. The largest absolute Gasteiger partial charge is 0.299 e. The van der Waals surface area contributed by atoms with E-state index in [9.17, 15) is 0 Å². The molecule has 1 aromatic rings. The SMILES string of the molecule is CC(C)C1(CC#N)CCN(Cc2cccc(Cl)c2)CC1. The molecule has 3 heteroatoms. The minimum absolute atomic E-state index is 0.222. The fraction of sp³-hybridized carbons (Fsp3) is 0.588. The van der Waals surface area contributed by atoms with Gasteiger partial charge in [-0.2, -0.15) is 5.26 Å². The predicted molar refractivity (Wildman–Crippen MR) is 83.5 cm³/mol. The highest BCUT2D eigenvalue weighted by Gasteiger charge is 2.37. The van der Waals surface area contributed by atoms with Gasteiger partial charge in [-0.05, 0) is 55.0 Å². The molecular weight excluding hydrogens is 268 g/mol. The minimum atomic E-state index is 0.222. The fourth-order valence-electron chi connectivity index (χ4n) is 3.17. The summed E-state index contributed by atoms with van der Waals surface area (Å²) in [5.41, 5.74) is 1.49. The summed E-state index contributed by atoms with van der Waals surface area (Å²) in [5.74, 6) is 0.579. The van der Waals surface area contributed by atoms with E-state index in [0.29, 0.717) is 12.3 Å². The van der Waals surface area contributed by atoms with Crippen molar-refractivity contribution in [3.8, 4) is 6.07 Å². The molecule has 1 aliphatic rings. The Morgan fingerprint density at radius 2 is 2.05 bits per heavy atom. The van der Waals surface area contributed by atoms with Crippen LogP contribution in [0.2, 0.25) is 5.02 Å². The van der Waals surface area contributed by atoms with Gasteiger partial charge in [-0.1, -0.05) is 37.6 Å². The van der Waals surface area contributed by atoms with Gasteiger partial charge in [0.2, 0.25) is 0 Å². The van der Waals surface area contributed by atoms with Gasteiger partial charge in [-0.25, -0.2) is 0 Å².